The SMILES string of the molecule is CN(CCCC(=O)NCCSSCCC(=O)NCCNC(=O)c1cccc(OCC(N=[N+]=[N-])OCCOCC(=O)NCC#Cc2cn([C@H]3C[C@@H](OCN=[N+]=[N-])[C@@H](COP(=O)(O)OP(=O)(O)OP(=O)(O)O)O3)c3ncnc(N)c23)c1)C(=O)c1ccccc1C1=c2cc3c(cc2Oc2cc4c(cc21)CCCN4CCCS(=O)(=O)O)=[N+](CCCS(=O)(=O)O)CCC3. The molecule has 123 heavy (non-hydrogen) atoms. The van der Waals surface area contributed by atoms with E-state index in [-0.39, 0.29) is 141 Å². The molecule has 44 nitrogen and oxygen atoms in total. The molecule has 6 heterocycles. The first-order valence-electron chi connectivity index (χ1n) is 38.2. The van der Waals surface area contributed by atoms with Crippen molar-refractivity contribution in [2.24, 2.45) is 10.2 Å². The Morgan fingerprint density at radius 1 is 0.821 bits per heavy atom. The van der Waals surface area contributed by atoms with Gasteiger partial charge < -0.3 is 89.4 Å². The van der Waals surface area contributed by atoms with E-state index >= 15 is 0 Å². The van der Waals surface area contributed by atoms with Crippen molar-refractivity contribution < 1.29 is 125 Å². The van der Waals surface area contributed by atoms with Crippen LogP contribution in [-0.2, 0) is 93.2 Å². The molecule has 0 spiro atoms. The van der Waals surface area contributed by atoms with Crippen LogP contribution in [0.2, 0.25) is 0 Å². The zero-order chi connectivity index (χ0) is 88.5. The maximum Gasteiger partial charge on any atom is 0.490 e. The molecule has 6 aromatic rings. The number of benzene rings is 4. The second kappa shape index (κ2) is 45.0. The number of fused-ring (bicyclic) bond motifs is 5. The first kappa shape index (κ1) is 95.9. The van der Waals surface area contributed by atoms with E-state index in [0.717, 1.165) is 70.5 Å². The molecule has 0 bridgehead atoms. The number of phosphoric ester groups is 1. The summed E-state index contributed by atoms with van der Waals surface area (Å²) < 4.78 is 152. The number of carbonyl (C=O) groups is 5. The Kier molecular flexibility index (Phi) is 35.1. The van der Waals surface area contributed by atoms with Crippen LogP contribution in [0, 0.1) is 11.8 Å². The number of nitrogens with one attached hydrogen (secondary N) is 4. The summed E-state index contributed by atoms with van der Waals surface area (Å²) in [6.45, 7) is 0.384. The van der Waals surface area contributed by atoms with Crippen molar-refractivity contribution in [2.45, 2.75) is 88.9 Å². The highest BCUT2D eigenvalue weighted by Gasteiger charge is 2.44. The van der Waals surface area contributed by atoms with Crippen LogP contribution >= 0.6 is 45.1 Å². The highest BCUT2D eigenvalue weighted by Crippen LogP contribution is 2.66. The fraction of sp³-hybridized carbons (Fsp3) is 0.472. The number of nitrogens with two attached hydrogens (primary N) is 1. The van der Waals surface area contributed by atoms with Crippen molar-refractivity contribution in [1.29, 1.82) is 0 Å². The summed E-state index contributed by atoms with van der Waals surface area (Å²) in [6, 6.07) is 21.6. The third-order valence-electron chi connectivity index (χ3n) is 19.0. The molecule has 4 aromatic carbocycles. The molecule has 1 fully saturated rings. The predicted octanol–water partition coefficient (Wildman–Crippen LogP) is 4.90. The van der Waals surface area contributed by atoms with E-state index in [2.05, 4.69) is 93.4 Å². The van der Waals surface area contributed by atoms with Gasteiger partial charge in [0, 0.05) is 151 Å². The third kappa shape index (κ3) is 29.4. The number of nitrogens with zero attached hydrogens (tertiary/aromatic N) is 12. The molecule has 10 rings (SSSR count). The average molecular weight is 1850 g/mol. The van der Waals surface area contributed by atoms with Crippen LogP contribution in [0.4, 0.5) is 11.5 Å². The Hall–Kier alpha value is -9.33. The highest BCUT2D eigenvalue weighted by molar-refractivity contribution is 8.76. The minimum Gasteiger partial charge on any atom is -0.491 e. The van der Waals surface area contributed by atoms with Crippen molar-refractivity contribution in [2.75, 3.05) is 139 Å². The quantitative estimate of drug-likeness (QED) is 0.00278. The summed E-state index contributed by atoms with van der Waals surface area (Å²) in [6.07, 6.45) is 2.25. The summed E-state index contributed by atoms with van der Waals surface area (Å²) in [5.41, 5.74) is 30.4. The molecule has 5 amide bonds. The van der Waals surface area contributed by atoms with Crippen LogP contribution in [0.5, 0.6) is 17.2 Å². The van der Waals surface area contributed by atoms with Gasteiger partial charge in [-0.05, 0) is 90.7 Å². The van der Waals surface area contributed by atoms with E-state index in [0.29, 0.717) is 73.3 Å². The van der Waals surface area contributed by atoms with Crippen LogP contribution in [-0.4, -0.2) is 242 Å². The van der Waals surface area contributed by atoms with Crippen LogP contribution < -0.4 is 56.5 Å². The van der Waals surface area contributed by atoms with Gasteiger partial charge in [-0.1, -0.05) is 67.9 Å². The zero-order valence-electron chi connectivity index (χ0n) is 66.1. The smallest absolute Gasteiger partial charge is 0.490 e. The summed E-state index contributed by atoms with van der Waals surface area (Å²) in [5.74, 6) is 5.52. The van der Waals surface area contributed by atoms with Gasteiger partial charge in [0.15, 0.2) is 6.23 Å². The monoisotopic (exact) mass is 1850 g/mol. The Labute approximate surface area is 712 Å². The van der Waals surface area contributed by atoms with E-state index in [1.807, 2.05) is 24.3 Å². The number of hydrogen-bond acceptors (Lipinski definition) is 29. The topological polar surface area (TPSA) is 621 Å². The normalized spacial score (nSPS) is 16.7. The van der Waals surface area contributed by atoms with Crippen LogP contribution in [0.1, 0.15) is 106 Å². The van der Waals surface area contributed by atoms with Crippen molar-refractivity contribution >= 4 is 123 Å². The van der Waals surface area contributed by atoms with Gasteiger partial charge in [-0.2, -0.15) is 25.5 Å². The molecule has 0 aliphatic carbocycles. The van der Waals surface area contributed by atoms with Gasteiger partial charge in [0.1, 0.15) is 80.4 Å². The van der Waals surface area contributed by atoms with Gasteiger partial charge in [-0.25, -0.2) is 28.2 Å². The van der Waals surface area contributed by atoms with E-state index in [9.17, 15) is 78.9 Å². The molecule has 664 valence electrons. The standard InChI is InChI=1S/C72H90N17O27P3S4/c1-86(72(94)53-17-3-2-16-52(53)68-54-36-47-13-6-25-87(27-9-33-122(102,103)104)56(47)38-58(54)113-59-39-57-48(37-55(59)68)14-7-26-88(57)28-10-34-123(105,106)107)24-8-18-62(90)78-23-32-121-120-31-19-63(91)77-21-22-79-71(93)49-11-4-15-51(35-49)110-44-65(83-85-75)109-30-29-108-43-64(92)76-20-5-12-50-41-89(70-67(50)69(73)80-45-81-70)66-40-60(111-46-82-84-74)61(114-66)42-112-118(98,99)116-119(100,101)115-117(95,96)97/h2-4,11,15-17,35-39,41,45,60-61,65-66H,6-10,13-14,18-34,40,42-44,46H2,1H3,(H11-,73,76,77,78,79,80,81,90,91,92,93,95,96,97,98,99,100,101,102,103,104,105,106,107)/p+1/t60-,61-,65?,66-/m1/s1. The number of carbonyl (C=O) groups excluding carboxylic acids is 5. The van der Waals surface area contributed by atoms with Gasteiger partial charge in [-0.15, -0.1) is 0 Å². The van der Waals surface area contributed by atoms with Crippen molar-refractivity contribution in [3.63, 3.8) is 0 Å². The molecule has 6 atom stereocenters. The number of nitrogen functional groups attached to an aromatic ring is 1. The zero-order valence-corrected chi connectivity index (χ0v) is 72.0. The molecular weight excluding hydrogens is 1760 g/mol. The summed E-state index contributed by atoms with van der Waals surface area (Å²) in [5, 5.41) is 19.8. The molecule has 51 heteroatoms. The minimum atomic E-state index is -5.84. The number of phosphoric acid groups is 3. The van der Waals surface area contributed by atoms with E-state index in [1.54, 1.807) is 42.3 Å². The van der Waals surface area contributed by atoms with E-state index in [4.69, 9.17) is 54.0 Å². The van der Waals surface area contributed by atoms with Crippen molar-refractivity contribution in [1.82, 2.24) is 45.3 Å². The van der Waals surface area contributed by atoms with Gasteiger partial charge in [-0.3, -0.25) is 37.6 Å². The van der Waals surface area contributed by atoms with E-state index in [1.165, 1.54) is 38.4 Å². The van der Waals surface area contributed by atoms with E-state index < -0.39 is 100 Å². The third-order valence-corrected chi connectivity index (χ3v) is 26.8. The second-order valence-electron chi connectivity index (χ2n) is 27.8. The molecule has 0 radical (unpaired) electrons. The number of anilines is 2. The number of rotatable bonds is 47. The molecular formula is C72H91N17O27P3S4+. The van der Waals surface area contributed by atoms with Gasteiger partial charge in [0.05, 0.1) is 61.0 Å². The lowest BCUT2D eigenvalue weighted by Crippen LogP contribution is -2.40. The lowest BCUT2D eigenvalue weighted by molar-refractivity contribution is -0.126. The van der Waals surface area contributed by atoms with Crippen molar-refractivity contribution in [3.05, 3.63) is 156 Å². The lowest BCUT2D eigenvalue weighted by atomic mass is 9.86. The highest BCUT2D eigenvalue weighted by atomic mass is 33.1. The molecule has 1 saturated heterocycles. The number of azide groups is 2. The molecule has 4 aliphatic rings. The van der Waals surface area contributed by atoms with Gasteiger partial charge >= 0.3 is 23.5 Å². The average Bonchev–Trinajstić information content (AvgIpc) is 1.50. The maximum atomic E-state index is 14.6. The summed E-state index contributed by atoms with van der Waals surface area (Å²) >= 11 is 0. The molecule has 0 saturated carbocycles. The fourth-order valence-electron chi connectivity index (χ4n) is 13.7. The molecule has 3 unspecified atom stereocenters. The first-order chi connectivity index (χ1) is 58.6. The van der Waals surface area contributed by atoms with Gasteiger partial charge in [0.2, 0.25) is 23.1 Å². The Balaban J connectivity index is 0.598. The number of aromatic nitrogens is 3. The Morgan fingerprint density at radius 2 is 1.58 bits per heavy atom. The molecule has 4 aliphatic heterocycles. The van der Waals surface area contributed by atoms with Crippen LogP contribution in [0.3, 0.4) is 0 Å². The van der Waals surface area contributed by atoms with Crippen LogP contribution in [0.15, 0.2) is 95.5 Å². The number of amides is 5. The maximum absolute atomic E-state index is 14.6. The second-order valence-corrected chi connectivity index (χ2v) is 38.1. The number of aryl methyl sites for hydroxylation is 2. The lowest BCUT2D eigenvalue weighted by Gasteiger charge is -2.33. The molecule has 12 N–H and O–H groups in total. The van der Waals surface area contributed by atoms with Gasteiger partial charge in [0.25, 0.3) is 32.1 Å². The Bertz CT molecular complexity index is 5580. The predicted molar refractivity (Wildman–Crippen MR) is 447 cm³/mol. The van der Waals surface area contributed by atoms with Crippen molar-refractivity contribution in [3.8, 4) is 29.1 Å². The summed E-state index contributed by atoms with van der Waals surface area (Å²) in [7, 11) is -20.8. The Morgan fingerprint density at radius 3 is 2.36 bits per heavy atom. The summed E-state index contributed by atoms with van der Waals surface area (Å²) in [4.78, 5) is 121. The first-order valence-corrected chi connectivity index (χ1v) is 48.5. The fourth-order valence-corrected chi connectivity index (χ4v) is 19.6. The van der Waals surface area contributed by atoms with Crippen LogP contribution in [0.25, 0.3) is 37.5 Å². The molecule has 2 aromatic heterocycles. The number of ether oxygens (including phenoxy) is 6. The minimum absolute atomic E-state index is 0.00570. The largest absolute Gasteiger partial charge is 0.491 e. The number of hydrogen-bond donors (Lipinski definition) is 11.